The van der Waals surface area contributed by atoms with Crippen molar-refractivity contribution in [2.45, 2.75) is 26.9 Å². The molecular formula is C13H17ClN2O2. The van der Waals surface area contributed by atoms with Crippen molar-refractivity contribution in [3.05, 3.63) is 30.1 Å². The number of benzene rings is 1. The highest BCUT2D eigenvalue weighted by Crippen LogP contribution is 2.13. The Labute approximate surface area is 113 Å². The summed E-state index contributed by atoms with van der Waals surface area (Å²) in [6.07, 6.45) is 0. The minimum atomic E-state index is -0.225. The Hall–Kier alpha value is -1.55. The van der Waals surface area contributed by atoms with E-state index in [9.17, 15) is 4.79 Å². The molecule has 0 saturated carbocycles. The molecule has 0 aliphatic heterocycles. The number of carbonyl (C=O) groups excluding carboxylic acids is 1. The third kappa shape index (κ3) is 2.34. The summed E-state index contributed by atoms with van der Waals surface area (Å²) < 4.78 is 8.92. The van der Waals surface area contributed by atoms with Crippen LogP contribution in [0.2, 0.25) is 0 Å². The van der Waals surface area contributed by atoms with Crippen LogP contribution in [0.25, 0.3) is 11.0 Å². The molecule has 2 aromatic rings. The Kier molecular flexibility index (Phi) is 4.73. The van der Waals surface area contributed by atoms with Gasteiger partial charge in [-0.15, -0.1) is 0 Å². The summed E-state index contributed by atoms with van der Waals surface area (Å²) in [5.41, 5.74) is 2.22. The number of halogens is 1. The minimum Gasteiger partial charge on any atom is -1.00 e. The third-order valence-corrected chi connectivity index (χ3v) is 3.08. The van der Waals surface area contributed by atoms with Crippen LogP contribution >= 0.6 is 0 Å². The molecule has 0 amide bonds. The molecule has 1 aromatic heterocycles. The first-order valence-corrected chi connectivity index (χ1v) is 5.73. The molecule has 0 fully saturated rings. The molecule has 4 nitrogen and oxygen atoms in total. The maximum Gasteiger partial charge on any atom is 0.348 e. The molecule has 0 radical (unpaired) electrons. The second kappa shape index (κ2) is 5.87. The summed E-state index contributed by atoms with van der Waals surface area (Å²) in [4.78, 5) is 11.4. The lowest BCUT2D eigenvalue weighted by atomic mass is 10.3. The highest BCUT2D eigenvalue weighted by atomic mass is 35.5. The van der Waals surface area contributed by atoms with Gasteiger partial charge in [0.05, 0.1) is 13.7 Å². The molecule has 5 heteroatoms. The van der Waals surface area contributed by atoms with Gasteiger partial charge in [0, 0.05) is 6.92 Å². The molecule has 0 saturated heterocycles. The standard InChI is InChI=1S/C13H17N2O2.ClH/c1-4-14-10(2)15(9-13(16)17-3)12-8-6-5-7-11(12)14;/h5-8H,4,9H2,1-3H3;1H/q+1;/p-1. The van der Waals surface area contributed by atoms with Crippen molar-refractivity contribution in [3.63, 3.8) is 0 Å². The second-order valence-electron chi connectivity index (χ2n) is 3.94. The number of aryl methyl sites for hydroxylation is 1. The molecule has 0 N–H and O–H groups in total. The van der Waals surface area contributed by atoms with Crippen molar-refractivity contribution in [1.29, 1.82) is 0 Å². The van der Waals surface area contributed by atoms with Gasteiger partial charge in [-0.3, -0.25) is 0 Å². The molecule has 0 spiro atoms. The predicted molar refractivity (Wildman–Crippen MR) is 64.6 cm³/mol. The van der Waals surface area contributed by atoms with Crippen LogP contribution in [-0.2, 0) is 22.6 Å². The Morgan fingerprint density at radius 3 is 2.67 bits per heavy atom. The lowest BCUT2D eigenvalue weighted by molar-refractivity contribution is -0.667. The van der Waals surface area contributed by atoms with Gasteiger partial charge in [0.2, 0.25) is 0 Å². The number of fused-ring (bicyclic) bond motifs is 1. The van der Waals surface area contributed by atoms with Crippen molar-refractivity contribution in [3.8, 4) is 0 Å². The number of aromatic nitrogens is 2. The monoisotopic (exact) mass is 268 g/mol. The summed E-state index contributed by atoms with van der Waals surface area (Å²) >= 11 is 0. The van der Waals surface area contributed by atoms with Crippen molar-refractivity contribution >= 4 is 17.0 Å². The lowest BCUT2D eigenvalue weighted by Gasteiger charge is -1.98. The van der Waals surface area contributed by atoms with Crippen LogP contribution in [0.3, 0.4) is 0 Å². The number of para-hydroxylation sites is 2. The van der Waals surface area contributed by atoms with E-state index in [1.54, 1.807) is 0 Å². The number of esters is 1. The molecule has 0 aliphatic carbocycles. The highest BCUT2D eigenvalue weighted by molar-refractivity contribution is 5.73. The molecule has 98 valence electrons. The normalized spacial score (nSPS) is 10.2. The first kappa shape index (κ1) is 14.5. The Morgan fingerprint density at radius 1 is 1.39 bits per heavy atom. The van der Waals surface area contributed by atoms with E-state index >= 15 is 0 Å². The Balaban J connectivity index is 0.00000162. The molecule has 1 heterocycles. The van der Waals surface area contributed by atoms with E-state index in [0.717, 1.165) is 23.4 Å². The Bertz CT molecular complexity index is 563. The average molecular weight is 269 g/mol. The van der Waals surface area contributed by atoms with Crippen LogP contribution in [0.5, 0.6) is 0 Å². The molecule has 0 atom stereocenters. The number of carbonyl (C=O) groups is 1. The van der Waals surface area contributed by atoms with Gasteiger partial charge in [-0.05, 0) is 19.1 Å². The van der Waals surface area contributed by atoms with Gasteiger partial charge in [0.25, 0.3) is 5.82 Å². The highest BCUT2D eigenvalue weighted by Gasteiger charge is 2.21. The number of methoxy groups -OCH3 is 1. The minimum absolute atomic E-state index is 0. The lowest BCUT2D eigenvalue weighted by Crippen LogP contribution is -3.00. The summed E-state index contributed by atoms with van der Waals surface area (Å²) in [5.74, 6) is 0.844. The average Bonchev–Trinajstić information content (AvgIpc) is 2.62. The topological polar surface area (TPSA) is 35.1 Å². The van der Waals surface area contributed by atoms with Crippen LogP contribution in [0.4, 0.5) is 0 Å². The summed E-state index contributed by atoms with van der Waals surface area (Å²) in [6, 6.07) is 8.09. The third-order valence-electron chi connectivity index (χ3n) is 3.08. The number of hydrogen-bond acceptors (Lipinski definition) is 2. The summed E-state index contributed by atoms with van der Waals surface area (Å²) in [7, 11) is 1.41. The van der Waals surface area contributed by atoms with Crippen LogP contribution in [-0.4, -0.2) is 17.6 Å². The number of nitrogens with zero attached hydrogens (tertiary/aromatic N) is 2. The van der Waals surface area contributed by atoms with Gasteiger partial charge < -0.3 is 17.1 Å². The fraction of sp³-hybridized carbons (Fsp3) is 0.385. The molecule has 0 aliphatic rings. The van der Waals surface area contributed by atoms with E-state index in [4.69, 9.17) is 4.74 Å². The number of ether oxygens (including phenoxy) is 1. The van der Waals surface area contributed by atoms with Gasteiger partial charge in [-0.2, -0.15) is 0 Å². The van der Waals surface area contributed by atoms with Gasteiger partial charge in [-0.1, -0.05) is 12.1 Å². The maximum atomic E-state index is 11.4. The molecule has 0 bridgehead atoms. The molecule has 2 rings (SSSR count). The molecular weight excluding hydrogens is 252 g/mol. The zero-order chi connectivity index (χ0) is 12.4. The van der Waals surface area contributed by atoms with Crippen LogP contribution in [0, 0.1) is 6.92 Å². The van der Waals surface area contributed by atoms with Crippen LogP contribution in [0.15, 0.2) is 24.3 Å². The van der Waals surface area contributed by atoms with E-state index in [2.05, 4.69) is 17.6 Å². The van der Waals surface area contributed by atoms with Crippen molar-refractivity contribution in [2.75, 3.05) is 7.11 Å². The summed E-state index contributed by atoms with van der Waals surface area (Å²) in [5, 5.41) is 0. The van der Waals surface area contributed by atoms with E-state index < -0.39 is 0 Å². The SMILES string of the molecule is CCn1c(C)[n+](CC(=O)OC)c2ccccc21.[Cl-]. The molecule has 1 aromatic carbocycles. The van der Waals surface area contributed by atoms with Crippen molar-refractivity contribution in [1.82, 2.24) is 4.57 Å². The van der Waals surface area contributed by atoms with Gasteiger partial charge in [-0.25, -0.2) is 13.9 Å². The molecule has 18 heavy (non-hydrogen) atoms. The zero-order valence-corrected chi connectivity index (χ0v) is 11.6. The van der Waals surface area contributed by atoms with Crippen LogP contribution in [0.1, 0.15) is 12.7 Å². The van der Waals surface area contributed by atoms with Crippen LogP contribution < -0.4 is 17.0 Å². The number of imidazole rings is 1. The van der Waals surface area contributed by atoms with E-state index in [0.29, 0.717) is 0 Å². The first-order valence-electron chi connectivity index (χ1n) is 5.73. The van der Waals surface area contributed by atoms with E-state index in [1.807, 2.05) is 29.7 Å². The van der Waals surface area contributed by atoms with Crippen molar-refractivity contribution in [2.24, 2.45) is 0 Å². The van der Waals surface area contributed by atoms with E-state index in [1.165, 1.54) is 7.11 Å². The van der Waals surface area contributed by atoms with Gasteiger partial charge in [0.1, 0.15) is 0 Å². The maximum absolute atomic E-state index is 11.4. The smallest absolute Gasteiger partial charge is 0.348 e. The number of hydrogen-bond donors (Lipinski definition) is 0. The molecule has 0 unspecified atom stereocenters. The zero-order valence-electron chi connectivity index (χ0n) is 10.8. The van der Waals surface area contributed by atoms with Gasteiger partial charge in [0.15, 0.2) is 17.6 Å². The number of rotatable bonds is 3. The van der Waals surface area contributed by atoms with E-state index in [-0.39, 0.29) is 24.9 Å². The fourth-order valence-corrected chi connectivity index (χ4v) is 2.21. The van der Waals surface area contributed by atoms with Crippen molar-refractivity contribution < 1.29 is 26.5 Å². The Morgan fingerprint density at radius 2 is 2.06 bits per heavy atom. The largest absolute Gasteiger partial charge is 1.00 e. The fourth-order valence-electron chi connectivity index (χ4n) is 2.21. The summed E-state index contributed by atoms with van der Waals surface area (Å²) in [6.45, 7) is 5.27. The quantitative estimate of drug-likeness (QED) is 0.498. The predicted octanol–water partition coefficient (Wildman–Crippen LogP) is -1.57. The van der Waals surface area contributed by atoms with Gasteiger partial charge >= 0.3 is 5.97 Å². The second-order valence-corrected chi connectivity index (χ2v) is 3.94. The first-order chi connectivity index (χ1) is 8.19.